The van der Waals surface area contributed by atoms with Crippen LogP contribution in [0.3, 0.4) is 0 Å². The molecule has 9 heteroatoms. The van der Waals surface area contributed by atoms with Gasteiger partial charge in [0.1, 0.15) is 0 Å². The molecule has 1 aliphatic rings. The van der Waals surface area contributed by atoms with Crippen molar-refractivity contribution in [2.75, 3.05) is 26.2 Å². The second-order valence-electron chi connectivity index (χ2n) is 5.09. The Morgan fingerprint density at radius 2 is 1.58 bits per heavy atom. The molecule has 0 spiro atoms. The van der Waals surface area contributed by atoms with Crippen LogP contribution in [0.25, 0.3) is 0 Å². The Morgan fingerprint density at radius 1 is 1.00 bits per heavy atom. The van der Waals surface area contributed by atoms with Crippen LogP contribution >= 0.6 is 36.2 Å². The van der Waals surface area contributed by atoms with Crippen LogP contribution < -0.4 is 5.32 Å². The summed E-state index contributed by atoms with van der Waals surface area (Å²) in [6.45, 7) is 2.39. The molecule has 24 heavy (non-hydrogen) atoms. The van der Waals surface area contributed by atoms with E-state index in [4.69, 9.17) is 0 Å². The maximum Gasteiger partial charge on any atom is 0.167 e. The third-order valence-corrected chi connectivity index (χ3v) is 4.67. The van der Waals surface area contributed by atoms with Crippen LogP contribution in [0.5, 0.6) is 0 Å². The molecule has 1 aliphatic heterocycles. The molecule has 0 bridgehead atoms. The van der Waals surface area contributed by atoms with E-state index >= 15 is 0 Å². The average molecular weight is 403 g/mol. The van der Waals surface area contributed by atoms with Crippen molar-refractivity contribution in [1.29, 1.82) is 0 Å². The summed E-state index contributed by atoms with van der Waals surface area (Å²) < 4.78 is 55.6. The summed E-state index contributed by atoms with van der Waals surface area (Å²) in [5.74, 6) is -5.39. The molecule has 1 saturated heterocycles. The van der Waals surface area contributed by atoms with Crippen LogP contribution in [0.2, 0.25) is 0 Å². The van der Waals surface area contributed by atoms with Crippen molar-refractivity contribution in [3.8, 4) is 0 Å². The zero-order chi connectivity index (χ0) is 15.7. The van der Waals surface area contributed by atoms with Gasteiger partial charge >= 0.3 is 0 Å². The molecule has 0 aliphatic carbocycles. The van der Waals surface area contributed by atoms with Crippen LogP contribution in [-0.2, 0) is 0 Å². The monoisotopic (exact) mass is 402 g/mol. The van der Waals surface area contributed by atoms with Crippen molar-refractivity contribution in [3.05, 3.63) is 57.3 Å². The van der Waals surface area contributed by atoms with E-state index in [1.165, 1.54) is 11.3 Å². The van der Waals surface area contributed by atoms with E-state index in [-0.39, 0.29) is 30.9 Å². The highest BCUT2D eigenvalue weighted by Gasteiger charge is 2.32. The number of nitrogens with zero attached hydrogens (tertiary/aromatic N) is 1. The molecule has 0 saturated carbocycles. The van der Waals surface area contributed by atoms with E-state index in [1.54, 1.807) is 17.5 Å². The lowest BCUT2D eigenvalue weighted by Gasteiger charge is -2.35. The number of benzene rings is 1. The molecule has 1 atom stereocenters. The van der Waals surface area contributed by atoms with E-state index in [9.17, 15) is 17.6 Å². The summed E-state index contributed by atoms with van der Waals surface area (Å²) in [4.78, 5) is 2.49. The first-order valence-electron chi connectivity index (χ1n) is 6.90. The molecular formula is C15H16Cl2F4N2S. The van der Waals surface area contributed by atoms with Crippen LogP contribution in [0.4, 0.5) is 17.6 Å². The third kappa shape index (κ3) is 4.03. The van der Waals surface area contributed by atoms with Gasteiger partial charge < -0.3 is 5.32 Å². The Labute approximate surface area is 153 Å². The fourth-order valence-corrected chi connectivity index (χ4v) is 3.59. The molecule has 1 fully saturated rings. The molecule has 134 valence electrons. The van der Waals surface area contributed by atoms with E-state index in [2.05, 4.69) is 5.32 Å². The van der Waals surface area contributed by atoms with E-state index in [1.807, 2.05) is 4.90 Å². The quantitative estimate of drug-likeness (QED) is 0.612. The number of nitrogens with one attached hydrogen (secondary N) is 1. The van der Waals surface area contributed by atoms with Crippen LogP contribution in [0.1, 0.15) is 16.5 Å². The predicted octanol–water partition coefficient (Wildman–Crippen LogP) is 4.14. The fourth-order valence-electron chi connectivity index (χ4n) is 2.72. The molecular weight excluding hydrogens is 387 g/mol. The Morgan fingerprint density at radius 3 is 2.08 bits per heavy atom. The molecule has 2 nitrogen and oxygen atoms in total. The molecule has 2 aromatic rings. The summed E-state index contributed by atoms with van der Waals surface area (Å²) >= 11 is 1.31. The van der Waals surface area contributed by atoms with Gasteiger partial charge in [0.05, 0.1) is 11.6 Å². The highest BCUT2D eigenvalue weighted by molar-refractivity contribution is 7.10. The number of halogens is 6. The highest BCUT2D eigenvalue weighted by atomic mass is 35.5. The molecule has 0 unspecified atom stereocenters. The predicted molar refractivity (Wildman–Crippen MR) is 91.4 cm³/mol. The zero-order valence-corrected chi connectivity index (χ0v) is 14.8. The molecule has 1 N–H and O–H groups in total. The van der Waals surface area contributed by atoms with Crippen LogP contribution in [0.15, 0.2) is 23.6 Å². The molecule has 1 aromatic heterocycles. The summed E-state index contributed by atoms with van der Waals surface area (Å²) in [7, 11) is 0. The zero-order valence-electron chi connectivity index (χ0n) is 12.4. The first-order valence-corrected chi connectivity index (χ1v) is 7.78. The summed E-state index contributed by atoms with van der Waals surface area (Å²) in [5, 5.41) is 4.92. The van der Waals surface area contributed by atoms with Gasteiger partial charge in [-0.2, -0.15) is 0 Å². The van der Waals surface area contributed by atoms with Gasteiger partial charge in [0, 0.05) is 37.1 Å². The van der Waals surface area contributed by atoms with E-state index < -0.39 is 34.9 Å². The molecule has 0 radical (unpaired) electrons. The minimum atomic E-state index is -1.37. The van der Waals surface area contributed by atoms with Gasteiger partial charge in [-0.1, -0.05) is 6.07 Å². The van der Waals surface area contributed by atoms with Crippen molar-refractivity contribution in [2.45, 2.75) is 6.04 Å². The molecule has 1 aromatic carbocycles. The van der Waals surface area contributed by atoms with E-state index in [0.717, 1.165) is 0 Å². The smallest absolute Gasteiger partial charge is 0.167 e. The van der Waals surface area contributed by atoms with Crippen molar-refractivity contribution < 1.29 is 17.6 Å². The third-order valence-electron chi connectivity index (χ3n) is 3.75. The minimum absolute atomic E-state index is 0. The Balaban J connectivity index is 0.00000144. The number of piperazine rings is 1. The lowest BCUT2D eigenvalue weighted by molar-refractivity contribution is 0.192. The largest absolute Gasteiger partial charge is 0.314 e. The maximum atomic E-state index is 14.2. The van der Waals surface area contributed by atoms with Gasteiger partial charge in [-0.3, -0.25) is 4.90 Å². The number of hydrogen-bond donors (Lipinski definition) is 1. The Kier molecular flexibility index (Phi) is 7.95. The van der Waals surface area contributed by atoms with E-state index in [0.29, 0.717) is 31.1 Å². The SMILES string of the molecule is Cl.Cl.Fc1cc(F)c(F)c([C@H](c2cccs2)N2CCNCC2)c1F. The average Bonchev–Trinajstić information content (AvgIpc) is 3.04. The highest BCUT2D eigenvalue weighted by Crippen LogP contribution is 2.36. The Bertz CT molecular complexity index is 638. The number of rotatable bonds is 3. The topological polar surface area (TPSA) is 15.3 Å². The molecule has 2 heterocycles. The molecule has 3 rings (SSSR count). The van der Waals surface area contributed by atoms with Crippen LogP contribution in [0, 0.1) is 23.3 Å². The second kappa shape index (κ2) is 9.01. The summed E-state index contributed by atoms with van der Waals surface area (Å²) in [6.07, 6.45) is 0. The van der Waals surface area contributed by atoms with Gasteiger partial charge in [-0.05, 0) is 11.4 Å². The minimum Gasteiger partial charge on any atom is -0.314 e. The van der Waals surface area contributed by atoms with Gasteiger partial charge in [0.2, 0.25) is 0 Å². The fraction of sp³-hybridized carbons (Fsp3) is 0.333. The number of thiophene rings is 1. The first kappa shape index (κ1) is 21.2. The molecule has 0 amide bonds. The van der Waals surface area contributed by atoms with Gasteiger partial charge in [0.25, 0.3) is 0 Å². The lowest BCUT2D eigenvalue weighted by Crippen LogP contribution is -2.45. The van der Waals surface area contributed by atoms with Gasteiger partial charge in [-0.25, -0.2) is 17.6 Å². The summed E-state index contributed by atoms with van der Waals surface area (Å²) in [6, 6.07) is 2.89. The first-order chi connectivity index (χ1) is 10.6. The van der Waals surface area contributed by atoms with Crippen molar-refractivity contribution in [2.24, 2.45) is 0 Å². The van der Waals surface area contributed by atoms with Crippen molar-refractivity contribution in [3.63, 3.8) is 0 Å². The number of hydrogen-bond acceptors (Lipinski definition) is 3. The van der Waals surface area contributed by atoms with Crippen LogP contribution in [-0.4, -0.2) is 31.1 Å². The van der Waals surface area contributed by atoms with Gasteiger partial charge in [0.15, 0.2) is 23.3 Å². The standard InChI is InChI=1S/C15H14F4N2S.2ClH/c16-9-8-10(17)14(19)12(13(9)18)15(11-2-1-7-22-11)21-5-3-20-4-6-21;;/h1-2,7-8,15,20H,3-6H2;2*1H/t15-;;/m0../s1. The summed E-state index contributed by atoms with van der Waals surface area (Å²) in [5.41, 5.74) is -0.554. The lowest BCUT2D eigenvalue weighted by atomic mass is 10.0. The Hall–Kier alpha value is -0.860. The van der Waals surface area contributed by atoms with Gasteiger partial charge in [-0.15, -0.1) is 36.2 Å². The maximum absolute atomic E-state index is 14.2. The second-order valence-corrected chi connectivity index (χ2v) is 6.07. The van der Waals surface area contributed by atoms with Crippen molar-refractivity contribution in [1.82, 2.24) is 10.2 Å². The van der Waals surface area contributed by atoms with Crippen molar-refractivity contribution >= 4 is 36.2 Å². The normalized spacial score (nSPS) is 16.2.